The lowest BCUT2D eigenvalue weighted by atomic mass is 9.49. The summed E-state index contributed by atoms with van der Waals surface area (Å²) < 4.78 is 7.11. The SMILES string of the molecule is O=C1/C(=C\c2cc(Br)ccc2OCc2ccc([N+](=O)[O-])cc2)SC(=S)N1NC(=O)C12CC3CC(CC(C3)C1)C2. The van der Waals surface area contributed by atoms with Gasteiger partial charge in [-0.15, -0.1) is 0 Å². The number of nitro groups is 1. The topological polar surface area (TPSA) is 102 Å². The molecule has 5 aliphatic rings. The van der Waals surface area contributed by atoms with Crippen LogP contribution in [-0.4, -0.2) is 26.1 Å². The number of halogens is 1. The Bertz CT molecular complexity index is 1380. The van der Waals surface area contributed by atoms with Crippen molar-refractivity contribution in [2.24, 2.45) is 23.2 Å². The zero-order valence-corrected chi connectivity index (χ0v) is 24.1. The second kappa shape index (κ2) is 10.3. The number of thioether (sulfide) groups is 1. The van der Waals surface area contributed by atoms with Crippen molar-refractivity contribution in [3.05, 3.63) is 73.1 Å². The number of carbonyl (C=O) groups excluding carboxylic acids is 2. The van der Waals surface area contributed by atoms with Crippen LogP contribution in [0.15, 0.2) is 51.8 Å². The summed E-state index contributed by atoms with van der Waals surface area (Å²) in [5, 5.41) is 12.1. The van der Waals surface area contributed by atoms with Gasteiger partial charge in [-0.25, -0.2) is 0 Å². The van der Waals surface area contributed by atoms with Gasteiger partial charge >= 0.3 is 0 Å². The Kier molecular flexibility index (Phi) is 7.01. The van der Waals surface area contributed by atoms with Crippen molar-refractivity contribution < 1.29 is 19.2 Å². The van der Waals surface area contributed by atoms with Gasteiger partial charge in [0.15, 0.2) is 4.32 Å². The van der Waals surface area contributed by atoms with Crippen LogP contribution in [0.3, 0.4) is 0 Å². The van der Waals surface area contributed by atoms with Crippen molar-refractivity contribution in [1.82, 2.24) is 10.4 Å². The first-order valence-corrected chi connectivity index (χ1v) is 15.0. The third kappa shape index (κ3) is 5.24. The van der Waals surface area contributed by atoms with Crippen molar-refractivity contribution in [2.45, 2.75) is 45.1 Å². The molecule has 0 aromatic heterocycles. The van der Waals surface area contributed by atoms with Gasteiger partial charge in [0.1, 0.15) is 12.4 Å². The highest BCUT2D eigenvalue weighted by atomic mass is 79.9. The van der Waals surface area contributed by atoms with Crippen LogP contribution in [0.1, 0.15) is 49.7 Å². The quantitative estimate of drug-likeness (QED) is 0.164. The van der Waals surface area contributed by atoms with Crippen molar-refractivity contribution in [3.63, 3.8) is 0 Å². The molecule has 1 heterocycles. The van der Waals surface area contributed by atoms with Gasteiger partial charge in [0.25, 0.3) is 11.6 Å². The molecule has 2 aromatic rings. The molecular weight excluding hydrogens is 602 g/mol. The average molecular weight is 629 g/mol. The maximum absolute atomic E-state index is 13.5. The van der Waals surface area contributed by atoms with Crippen LogP contribution in [-0.2, 0) is 16.2 Å². The Labute approximate surface area is 243 Å². The highest BCUT2D eigenvalue weighted by Gasteiger charge is 2.55. The molecule has 0 atom stereocenters. The molecule has 1 saturated heterocycles. The first-order chi connectivity index (χ1) is 18.7. The number of benzene rings is 2. The Morgan fingerprint density at radius 2 is 1.79 bits per heavy atom. The van der Waals surface area contributed by atoms with Crippen LogP contribution in [0.2, 0.25) is 0 Å². The van der Waals surface area contributed by atoms with E-state index in [1.807, 2.05) is 12.1 Å². The zero-order chi connectivity index (χ0) is 27.3. The lowest BCUT2D eigenvalue weighted by Crippen LogP contribution is -2.57. The Morgan fingerprint density at radius 3 is 2.41 bits per heavy atom. The molecule has 2 amide bonds. The molecule has 7 rings (SSSR count). The predicted octanol–water partition coefficient (Wildman–Crippen LogP) is 6.39. The van der Waals surface area contributed by atoms with E-state index in [-0.39, 0.29) is 29.5 Å². The minimum atomic E-state index is -0.445. The van der Waals surface area contributed by atoms with Gasteiger partial charge in [0.05, 0.1) is 15.2 Å². The molecule has 11 heteroatoms. The normalized spacial score (nSPS) is 28.3. The molecule has 8 nitrogen and oxygen atoms in total. The van der Waals surface area contributed by atoms with E-state index in [0.717, 1.165) is 41.1 Å². The van der Waals surface area contributed by atoms with E-state index in [1.165, 1.54) is 36.4 Å². The minimum absolute atomic E-state index is 0.0143. The van der Waals surface area contributed by atoms with Crippen molar-refractivity contribution in [3.8, 4) is 5.75 Å². The standard InChI is InChI=1S/C28H26BrN3O5S2/c29-21-3-6-23(37-15-16-1-4-22(5-2-16)32(35)36)20(10-21)11-24-25(33)31(27(38)39-24)30-26(34)28-12-17-7-18(13-28)9-19(8-17)14-28/h1-6,10-11,17-19H,7-9,12-15H2,(H,30,34)/b24-11+. The van der Waals surface area contributed by atoms with Gasteiger partial charge in [0.2, 0.25) is 5.91 Å². The molecule has 1 aliphatic heterocycles. The lowest BCUT2D eigenvalue weighted by Gasteiger charge is -2.55. The van der Waals surface area contributed by atoms with Crippen molar-refractivity contribution in [1.29, 1.82) is 0 Å². The summed E-state index contributed by atoms with van der Waals surface area (Å²) in [6.45, 7) is 0.197. The first-order valence-electron chi connectivity index (χ1n) is 12.9. The van der Waals surface area contributed by atoms with E-state index in [1.54, 1.807) is 24.3 Å². The number of carbonyl (C=O) groups is 2. The van der Waals surface area contributed by atoms with E-state index >= 15 is 0 Å². The van der Waals surface area contributed by atoms with Gasteiger partial charge in [-0.1, -0.05) is 27.7 Å². The molecule has 4 bridgehead atoms. The molecule has 0 radical (unpaired) electrons. The number of non-ortho nitro benzene ring substituents is 1. The molecule has 202 valence electrons. The Morgan fingerprint density at radius 1 is 1.15 bits per heavy atom. The van der Waals surface area contributed by atoms with Gasteiger partial charge in [0, 0.05) is 22.2 Å². The van der Waals surface area contributed by atoms with Crippen LogP contribution >= 0.6 is 39.9 Å². The Balaban J connectivity index is 1.17. The highest BCUT2D eigenvalue weighted by Crippen LogP contribution is 2.60. The molecule has 4 aliphatic carbocycles. The fourth-order valence-electron chi connectivity index (χ4n) is 6.95. The van der Waals surface area contributed by atoms with Crippen molar-refractivity contribution >= 4 is 67.8 Å². The first kappa shape index (κ1) is 26.5. The summed E-state index contributed by atoms with van der Waals surface area (Å²) >= 11 is 10.1. The molecule has 1 N–H and O–H groups in total. The fourth-order valence-corrected chi connectivity index (χ4v) is 8.50. The van der Waals surface area contributed by atoms with E-state index in [0.29, 0.717) is 38.3 Å². The number of hydrazine groups is 1. The third-order valence-electron chi connectivity index (χ3n) is 8.33. The van der Waals surface area contributed by atoms with E-state index in [4.69, 9.17) is 17.0 Å². The van der Waals surface area contributed by atoms with Gasteiger partial charge < -0.3 is 4.74 Å². The lowest BCUT2D eigenvalue weighted by molar-refractivity contribution is -0.384. The molecule has 2 aromatic carbocycles. The summed E-state index contributed by atoms with van der Waals surface area (Å²) in [6.07, 6.45) is 8.13. The van der Waals surface area contributed by atoms with Crippen LogP contribution in [0.4, 0.5) is 5.69 Å². The van der Waals surface area contributed by atoms with Crippen LogP contribution in [0.25, 0.3) is 6.08 Å². The molecule has 4 saturated carbocycles. The van der Waals surface area contributed by atoms with Gasteiger partial charge in [-0.3, -0.25) is 25.1 Å². The van der Waals surface area contributed by atoms with Gasteiger partial charge in [-0.05, 0) is 110 Å². The molecule has 5 fully saturated rings. The van der Waals surface area contributed by atoms with Crippen LogP contribution in [0.5, 0.6) is 5.75 Å². The monoisotopic (exact) mass is 627 g/mol. The fraction of sp³-hybridized carbons (Fsp3) is 0.393. The summed E-state index contributed by atoms with van der Waals surface area (Å²) in [4.78, 5) is 37.8. The zero-order valence-electron chi connectivity index (χ0n) is 20.9. The number of nitro benzene ring substituents is 1. The number of hydrogen-bond donors (Lipinski definition) is 1. The summed E-state index contributed by atoms with van der Waals surface area (Å²) in [5.74, 6) is 1.97. The third-order valence-corrected chi connectivity index (χ3v) is 10.1. The summed E-state index contributed by atoms with van der Waals surface area (Å²) in [5.41, 5.74) is 3.96. The van der Waals surface area contributed by atoms with Crippen molar-refractivity contribution in [2.75, 3.05) is 0 Å². The largest absolute Gasteiger partial charge is 0.488 e. The predicted molar refractivity (Wildman–Crippen MR) is 155 cm³/mol. The number of nitrogens with one attached hydrogen (secondary N) is 1. The van der Waals surface area contributed by atoms with Crippen LogP contribution in [0, 0.1) is 33.3 Å². The highest BCUT2D eigenvalue weighted by molar-refractivity contribution is 9.10. The second-order valence-electron chi connectivity index (χ2n) is 11.1. The molecular formula is C28H26BrN3O5S2. The summed E-state index contributed by atoms with van der Waals surface area (Å²) in [6, 6.07) is 11.6. The molecule has 0 unspecified atom stereocenters. The maximum atomic E-state index is 13.5. The number of thiocarbonyl (C=S) groups is 1. The number of nitrogens with zero attached hydrogens (tertiary/aromatic N) is 2. The molecule has 39 heavy (non-hydrogen) atoms. The Hall–Kier alpha value is -2.76. The molecule has 0 spiro atoms. The number of ether oxygens (including phenoxy) is 1. The van der Waals surface area contributed by atoms with E-state index in [2.05, 4.69) is 21.4 Å². The summed E-state index contributed by atoms with van der Waals surface area (Å²) in [7, 11) is 0. The second-order valence-corrected chi connectivity index (χ2v) is 13.6. The average Bonchev–Trinajstić information content (AvgIpc) is 3.15. The number of rotatable bonds is 7. The van der Waals surface area contributed by atoms with E-state index < -0.39 is 4.92 Å². The van der Waals surface area contributed by atoms with E-state index in [9.17, 15) is 19.7 Å². The smallest absolute Gasteiger partial charge is 0.285 e. The minimum Gasteiger partial charge on any atom is -0.488 e. The maximum Gasteiger partial charge on any atom is 0.285 e. The van der Waals surface area contributed by atoms with Crippen LogP contribution < -0.4 is 10.2 Å². The van der Waals surface area contributed by atoms with Gasteiger partial charge in [-0.2, -0.15) is 5.01 Å². The number of amides is 2. The number of hydrogen-bond acceptors (Lipinski definition) is 7.